The minimum atomic E-state index is -3.07. The highest BCUT2D eigenvalue weighted by atomic mass is 32.2. The van der Waals surface area contributed by atoms with Crippen molar-refractivity contribution in [2.45, 2.75) is 24.9 Å². The lowest BCUT2D eigenvalue weighted by molar-refractivity contribution is -0.120. The SMILES string of the molecule is Cc1cc(C)nc(SCC(=O)NCC(F)(F)CN)n1. The van der Waals surface area contributed by atoms with Crippen LogP contribution in [0.1, 0.15) is 11.4 Å². The van der Waals surface area contributed by atoms with Gasteiger partial charge in [0.05, 0.1) is 18.8 Å². The smallest absolute Gasteiger partial charge is 0.277 e. The number of carbonyl (C=O) groups excluding carboxylic acids is 1. The molecule has 0 aliphatic heterocycles. The van der Waals surface area contributed by atoms with E-state index < -0.39 is 24.9 Å². The molecule has 0 bridgehead atoms. The van der Waals surface area contributed by atoms with Crippen LogP contribution in [-0.4, -0.2) is 40.6 Å². The third kappa shape index (κ3) is 5.93. The minimum absolute atomic E-state index is 0.0104. The Kier molecular flexibility index (Phi) is 5.61. The average molecular weight is 290 g/mol. The van der Waals surface area contributed by atoms with Crippen LogP contribution < -0.4 is 11.1 Å². The van der Waals surface area contributed by atoms with Crippen LogP contribution >= 0.6 is 11.8 Å². The summed E-state index contributed by atoms with van der Waals surface area (Å²) < 4.78 is 25.6. The normalized spacial score (nSPS) is 11.4. The number of halogens is 2. The van der Waals surface area contributed by atoms with Crippen LogP contribution in [-0.2, 0) is 4.79 Å². The highest BCUT2D eigenvalue weighted by molar-refractivity contribution is 7.99. The lowest BCUT2D eigenvalue weighted by Gasteiger charge is -2.14. The van der Waals surface area contributed by atoms with Gasteiger partial charge in [-0.1, -0.05) is 11.8 Å². The molecule has 5 nitrogen and oxygen atoms in total. The first-order valence-corrected chi connectivity index (χ1v) is 6.60. The van der Waals surface area contributed by atoms with Crippen LogP contribution in [0.25, 0.3) is 0 Å². The second kappa shape index (κ2) is 6.76. The van der Waals surface area contributed by atoms with Crippen molar-refractivity contribution in [1.29, 1.82) is 0 Å². The van der Waals surface area contributed by atoms with Gasteiger partial charge in [0.25, 0.3) is 5.92 Å². The number of aromatic nitrogens is 2. The quantitative estimate of drug-likeness (QED) is 0.601. The van der Waals surface area contributed by atoms with Crippen LogP contribution in [0, 0.1) is 13.8 Å². The van der Waals surface area contributed by atoms with Crippen LogP contribution in [0.5, 0.6) is 0 Å². The number of nitrogens with two attached hydrogens (primary N) is 1. The lowest BCUT2D eigenvalue weighted by Crippen LogP contribution is -2.42. The minimum Gasteiger partial charge on any atom is -0.349 e. The van der Waals surface area contributed by atoms with E-state index in [1.807, 2.05) is 19.9 Å². The fraction of sp³-hybridized carbons (Fsp3) is 0.545. The van der Waals surface area contributed by atoms with E-state index in [2.05, 4.69) is 15.3 Å². The molecule has 1 aromatic heterocycles. The summed E-state index contributed by atoms with van der Waals surface area (Å²) >= 11 is 1.10. The summed E-state index contributed by atoms with van der Waals surface area (Å²) in [5.41, 5.74) is 6.46. The number of aryl methyl sites for hydroxylation is 2. The number of rotatable bonds is 6. The van der Waals surface area contributed by atoms with Crippen molar-refractivity contribution in [3.8, 4) is 0 Å². The van der Waals surface area contributed by atoms with E-state index in [-0.39, 0.29) is 5.75 Å². The molecule has 0 spiro atoms. The highest BCUT2D eigenvalue weighted by Gasteiger charge is 2.27. The number of nitrogens with zero attached hydrogens (tertiary/aromatic N) is 2. The van der Waals surface area contributed by atoms with Crippen molar-refractivity contribution in [2.24, 2.45) is 5.73 Å². The first-order valence-electron chi connectivity index (χ1n) is 5.62. The standard InChI is InChI=1S/C11H16F2N4OS/c1-7-3-8(2)17-10(16-7)19-4-9(18)15-6-11(12,13)5-14/h3H,4-6,14H2,1-2H3,(H,15,18). The highest BCUT2D eigenvalue weighted by Crippen LogP contribution is 2.14. The fourth-order valence-electron chi connectivity index (χ4n) is 1.24. The van der Waals surface area contributed by atoms with Crippen molar-refractivity contribution >= 4 is 17.7 Å². The summed E-state index contributed by atoms with van der Waals surface area (Å²) in [6, 6.07) is 1.81. The number of amides is 1. The Morgan fingerprint density at radius 2 is 2.00 bits per heavy atom. The van der Waals surface area contributed by atoms with Gasteiger partial charge < -0.3 is 11.1 Å². The molecule has 8 heteroatoms. The van der Waals surface area contributed by atoms with E-state index >= 15 is 0 Å². The summed E-state index contributed by atoms with van der Waals surface area (Å²) in [6.45, 7) is 2.10. The van der Waals surface area contributed by atoms with Gasteiger partial charge >= 0.3 is 0 Å². The number of nitrogens with one attached hydrogen (secondary N) is 1. The van der Waals surface area contributed by atoms with E-state index in [4.69, 9.17) is 5.73 Å². The molecule has 0 aliphatic rings. The van der Waals surface area contributed by atoms with Crippen LogP contribution in [0.4, 0.5) is 8.78 Å². The monoisotopic (exact) mass is 290 g/mol. The van der Waals surface area contributed by atoms with E-state index in [1.54, 1.807) is 0 Å². The summed E-state index contributed by atoms with van der Waals surface area (Å²) in [5.74, 6) is -3.58. The molecular weight excluding hydrogens is 274 g/mol. The van der Waals surface area contributed by atoms with Gasteiger partial charge in [-0.15, -0.1) is 0 Å². The molecule has 1 aromatic rings. The van der Waals surface area contributed by atoms with Crippen LogP contribution in [0.3, 0.4) is 0 Å². The Morgan fingerprint density at radius 1 is 1.42 bits per heavy atom. The number of hydrogen-bond acceptors (Lipinski definition) is 5. The molecule has 1 amide bonds. The predicted molar refractivity (Wildman–Crippen MR) is 69.2 cm³/mol. The van der Waals surface area contributed by atoms with Crippen molar-refractivity contribution in [2.75, 3.05) is 18.8 Å². The number of hydrogen-bond donors (Lipinski definition) is 2. The average Bonchev–Trinajstić information content (AvgIpc) is 2.33. The van der Waals surface area contributed by atoms with Crippen LogP contribution in [0.2, 0.25) is 0 Å². The Morgan fingerprint density at radius 3 is 2.53 bits per heavy atom. The maximum atomic E-state index is 12.8. The zero-order valence-electron chi connectivity index (χ0n) is 10.7. The Bertz CT molecular complexity index is 436. The summed E-state index contributed by atoms with van der Waals surface area (Å²) in [4.78, 5) is 19.7. The van der Waals surface area contributed by atoms with Gasteiger partial charge in [-0.3, -0.25) is 4.79 Å². The molecule has 0 saturated heterocycles. The molecule has 1 rings (SSSR count). The van der Waals surface area contributed by atoms with Gasteiger partial charge in [-0.05, 0) is 19.9 Å². The topological polar surface area (TPSA) is 80.9 Å². The summed E-state index contributed by atoms with van der Waals surface area (Å²) in [7, 11) is 0. The second-order valence-corrected chi connectivity index (χ2v) is 5.00. The van der Waals surface area contributed by atoms with Crippen molar-refractivity contribution < 1.29 is 13.6 Å². The maximum absolute atomic E-state index is 12.8. The molecule has 0 radical (unpaired) electrons. The van der Waals surface area contributed by atoms with Gasteiger partial charge in [0, 0.05) is 11.4 Å². The number of alkyl halides is 2. The molecule has 0 aromatic carbocycles. The van der Waals surface area contributed by atoms with Gasteiger partial charge in [0.1, 0.15) is 0 Å². The van der Waals surface area contributed by atoms with E-state index in [0.717, 1.165) is 23.1 Å². The molecular formula is C11H16F2N4OS. The summed E-state index contributed by atoms with van der Waals surface area (Å²) in [5, 5.41) is 2.58. The number of thioether (sulfide) groups is 1. The Balaban J connectivity index is 2.42. The molecule has 19 heavy (non-hydrogen) atoms. The molecule has 3 N–H and O–H groups in total. The summed E-state index contributed by atoms with van der Waals surface area (Å²) in [6.07, 6.45) is 0. The van der Waals surface area contributed by atoms with E-state index in [9.17, 15) is 13.6 Å². The first kappa shape index (κ1) is 15.8. The zero-order valence-corrected chi connectivity index (χ0v) is 11.6. The van der Waals surface area contributed by atoms with Gasteiger partial charge in [-0.2, -0.15) is 0 Å². The lowest BCUT2D eigenvalue weighted by atomic mass is 10.3. The van der Waals surface area contributed by atoms with Gasteiger partial charge in [0.15, 0.2) is 5.16 Å². The van der Waals surface area contributed by atoms with E-state index in [0.29, 0.717) is 5.16 Å². The van der Waals surface area contributed by atoms with Crippen molar-refractivity contribution in [3.05, 3.63) is 17.5 Å². The molecule has 0 unspecified atom stereocenters. The number of carbonyl (C=O) groups is 1. The third-order valence-corrected chi connectivity index (χ3v) is 2.98. The molecule has 0 atom stereocenters. The zero-order chi connectivity index (χ0) is 14.5. The van der Waals surface area contributed by atoms with Gasteiger partial charge in [-0.25, -0.2) is 18.7 Å². The maximum Gasteiger partial charge on any atom is 0.277 e. The molecule has 0 fully saturated rings. The molecule has 106 valence electrons. The van der Waals surface area contributed by atoms with Crippen molar-refractivity contribution in [3.63, 3.8) is 0 Å². The third-order valence-electron chi connectivity index (χ3n) is 2.14. The Labute approximate surface area is 114 Å². The van der Waals surface area contributed by atoms with Crippen LogP contribution in [0.15, 0.2) is 11.2 Å². The Hall–Kier alpha value is -1.28. The fourth-order valence-corrected chi connectivity index (χ4v) is 2.02. The molecule has 0 aliphatic carbocycles. The largest absolute Gasteiger partial charge is 0.349 e. The van der Waals surface area contributed by atoms with Crippen molar-refractivity contribution in [1.82, 2.24) is 15.3 Å². The predicted octanol–water partition coefficient (Wildman–Crippen LogP) is 0.896. The second-order valence-electron chi connectivity index (χ2n) is 4.06. The molecule has 1 heterocycles. The molecule has 0 saturated carbocycles. The van der Waals surface area contributed by atoms with E-state index in [1.165, 1.54) is 0 Å². The first-order chi connectivity index (χ1) is 8.82. The van der Waals surface area contributed by atoms with Gasteiger partial charge in [0.2, 0.25) is 5.91 Å².